The molecule has 6 nitrogen and oxygen atoms in total. The molecule has 6 heteroatoms. The molecule has 0 amide bonds. The van der Waals surface area contributed by atoms with Gasteiger partial charge in [-0.2, -0.15) is 0 Å². The monoisotopic (exact) mass is 268 g/mol. The summed E-state index contributed by atoms with van der Waals surface area (Å²) in [6, 6.07) is 4.74. The minimum absolute atomic E-state index is 0.0224. The molecule has 1 rings (SSSR count). The Morgan fingerprint density at radius 3 is 2.74 bits per heavy atom. The van der Waals surface area contributed by atoms with Crippen LogP contribution in [0.4, 0.5) is 11.4 Å². The van der Waals surface area contributed by atoms with Gasteiger partial charge in [0.1, 0.15) is 0 Å². The Bertz CT molecular complexity index is 421. The number of nitro groups is 1. The van der Waals surface area contributed by atoms with Crippen LogP contribution in [-0.4, -0.2) is 30.8 Å². The highest BCUT2D eigenvalue weighted by molar-refractivity contribution is 5.57. The second-order valence-corrected chi connectivity index (χ2v) is 4.22. The quantitative estimate of drug-likeness (QED) is 0.446. The molecule has 0 heterocycles. The summed E-state index contributed by atoms with van der Waals surface area (Å²) in [5, 5.41) is 14.0. The minimum Gasteiger partial charge on any atom is -0.487 e. The second-order valence-electron chi connectivity index (χ2n) is 4.22. The fourth-order valence-electron chi connectivity index (χ4n) is 1.54. The van der Waals surface area contributed by atoms with Gasteiger partial charge in [-0.15, -0.1) is 0 Å². The van der Waals surface area contributed by atoms with E-state index in [0.717, 1.165) is 5.69 Å². The highest BCUT2D eigenvalue weighted by Crippen LogP contribution is 2.29. The van der Waals surface area contributed by atoms with Crippen LogP contribution in [0.25, 0.3) is 0 Å². The van der Waals surface area contributed by atoms with Gasteiger partial charge in [0.2, 0.25) is 0 Å². The molecule has 0 aliphatic carbocycles. The fraction of sp³-hybridized carbons (Fsp3) is 0.538. The number of rotatable bonds is 8. The molecule has 0 unspecified atom stereocenters. The van der Waals surface area contributed by atoms with Crippen LogP contribution >= 0.6 is 0 Å². The number of benzene rings is 1. The third-order valence-electron chi connectivity index (χ3n) is 2.34. The van der Waals surface area contributed by atoms with Crippen LogP contribution in [0.1, 0.15) is 20.8 Å². The lowest BCUT2D eigenvalue weighted by molar-refractivity contribution is -0.385. The molecular formula is C13H20N2O4. The van der Waals surface area contributed by atoms with E-state index in [1.165, 1.54) is 6.07 Å². The van der Waals surface area contributed by atoms with E-state index in [0.29, 0.717) is 19.8 Å². The Morgan fingerprint density at radius 2 is 2.16 bits per heavy atom. The van der Waals surface area contributed by atoms with Crippen LogP contribution in [0.5, 0.6) is 5.75 Å². The number of anilines is 1. The van der Waals surface area contributed by atoms with Gasteiger partial charge < -0.3 is 14.8 Å². The lowest BCUT2D eigenvalue weighted by Crippen LogP contribution is -2.13. The van der Waals surface area contributed by atoms with Crippen LogP contribution < -0.4 is 10.1 Å². The van der Waals surface area contributed by atoms with E-state index < -0.39 is 4.92 Å². The Morgan fingerprint density at radius 1 is 1.42 bits per heavy atom. The summed E-state index contributed by atoms with van der Waals surface area (Å²) in [5.74, 6) is 0.280. The number of ether oxygens (including phenoxy) is 2. The smallest absolute Gasteiger partial charge is 0.311 e. The Balaban J connectivity index is 2.64. The van der Waals surface area contributed by atoms with Crippen LogP contribution in [-0.2, 0) is 4.74 Å². The highest BCUT2D eigenvalue weighted by atomic mass is 16.6. The Kier molecular flexibility index (Phi) is 6.08. The van der Waals surface area contributed by atoms with Crippen LogP contribution in [0.3, 0.4) is 0 Å². The molecule has 106 valence electrons. The third kappa shape index (κ3) is 5.13. The van der Waals surface area contributed by atoms with E-state index >= 15 is 0 Å². The fourth-order valence-corrected chi connectivity index (χ4v) is 1.54. The van der Waals surface area contributed by atoms with Crippen molar-refractivity contribution in [3.05, 3.63) is 28.3 Å². The first-order valence-corrected chi connectivity index (χ1v) is 6.31. The molecular weight excluding hydrogens is 248 g/mol. The van der Waals surface area contributed by atoms with Crippen molar-refractivity contribution in [1.29, 1.82) is 0 Å². The average molecular weight is 268 g/mol. The van der Waals surface area contributed by atoms with Crippen molar-refractivity contribution >= 4 is 11.4 Å². The van der Waals surface area contributed by atoms with Crippen molar-refractivity contribution in [2.75, 3.05) is 25.1 Å². The predicted octanol–water partition coefficient (Wildman–Crippen LogP) is 2.83. The molecule has 0 radical (unpaired) electrons. The standard InChI is InChI=1S/C13H20N2O4/c1-4-18-13-9-11(5-6-12(13)15(16)17)14-7-8-19-10(2)3/h5-6,9-10,14H,4,7-8H2,1-3H3. The molecule has 0 aromatic heterocycles. The number of hydrogen-bond donors (Lipinski definition) is 1. The molecule has 0 saturated carbocycles. The largest absolute Gasteiger partial charge is 0.487 e. The maximum atomic E-state index is 10.8. The van der Waals surface area contributed by atoms with Crippen molar-refractivity contribution < 1.29 is 14.4 Å². The lowest BCUT2D eigenvalue weighted by atomic mass is 10.2. The summed E-state index contributed by atoms with van der Waals surface area (Å²) >= 11 is 0. The average Bonchev–Trinajstić information content (AvgIpc) is 2.35. The predicted molar refractivity (Wildman–Crippen MR) is 73.8 cm³/mol. The molecule has 0 aliphatic rings. The minimum atomic E-state index is -0.448. The Labute approximate surface area is 112 Å². The van der Waals surface area contributed by atoms with Crippen LogP contribution in [0.2, 0.25) is 0 Å². The van der Waals surface area contributed by atoms with Crippen LogP contribution in [0, 0.1) is 10.1 Å². The maximum absolute atomic E-state index is 10.8. The summed E-state index contributed by atoms with van der Waals surface area (Å²) in [5.41, 5.74) is 0.757. The van der Waals surface area contributed by atoms with Gasteiger partial charge in [-0.1, -0.05) is 0 Å². The number of nitrogens with one attached hydrogen (secondary N) is 1. The van der Waals surface area contributed by atoms with Crippen molar-refractivity contribution in [1.82, 2.24) is 0 Å². The van der Waals surface area contributed by atoms with Crippen molar-refractivity contribution in [3.8, 4) is 5.75 Å². The van der Waals surface area contributed by atoms with Gasteiger partial charge in [0.25, 0.3) is 0 Å². The van der Waals surface area contributed by atoms with Crippen molar-refractivity contribution in [3.63, 3.8) is 0 Å². The van der Waals surface area contributed by atoms with E-state index in [4.69, 9.17) is 9.47 Å². The van der Waals surface area contributed by atoms with E-state index in [1.54, 1.807) is 19.1 Å². The van der Waals surface area contributed by atoms with Crippen molar-refractivity contribution in [2.45, 2.75) is 26.9 Å². The zero-order valence-corrected chi connectivity index (χ0v) is 11.5. The number of hydrogen-bond acceptors (Lipinski definition) is 5. The molecule has 1 aromatic carbocycles. The molecule has 0 spiro atoms. The number of nitrogens with zero attached hydrogens (tertiary/aromatic N) is 1. The van der Waals surface area contributed by atoms with Crippen molar-refractivity contribution in [2.24, 2.45) is 0 Å². The molecule has 1 N–H and O–H groups in total. The van der Waals surface area contributed by atoms with Gasteiger partial charge in [-0.3, -0.25) is 10.1 Å². The zero-order chi connectivity index (χ0) is 14.3. The molecule has 1 aromatic rings. The number of nitro benzene ring substituents is 1. The molecule has 0 saturated heterocycles. The van der Waals surface area contributed by atoms with Gasteiger partial charge in [0, 0.05) is 24.4 Å². The lowest BCUT2D eigenvalue weighted by Gasteiger charge is -2.11. The summed E-state index contributed by atoms with van der Waals surface area (Å²) in [7, 11) is 0. The van der Waals surface area contributed by atoms with Gasteiger partial charge in [-0.05, 0) is 26.8 Å². The SMILES string of the molecule is CCOc1cc(NCCOC(C)C)ccc1[N+](=O)[O-]. The first kappa shape index (κ1) is 15.2. The van der Waals surface area contributed by atoms with E-state index in [2.05, 4.69) is 5.32 Å². The summed E-state index contributed by atoms with van der Waals surface area (Å²) < 4.78 is 10.7. The van der Waals surface area contributed by atoms with Gasteiger partial charge in [0.05, 0.1) is 24.2 Å². The summed E-state index contributed by atoms with van der Waals surface area (Å²) in [6.45, 7) is 7.35. The Hall–Kier alpha value is -1.82. The van der Waals surface area contributed by atoms with E-state index in [1.807, 2.05) is 13.8 Å². The zero-order valence-electron chi connectivity index (χ0n) is 11.5. The summed E-state index contributed by atoms with van der Waals surface area (Å²) in [4.78, 5) is 10.4. The maximum Gasteiger partial charge on any atom is 0.311 e. The van der Waals surface area contributed by atoms with E-state index in [-0.39, 0.29) is 17.5 Å². The molecule has 0 fully saturated rings. The molecule has 0 aliphatic heterocycles. The van der Waals surface area contributed by atoms with Gasteiger partial charge in [-0.25, -0.2) is 0 Å². The highest BCUT2D eigenvalue weighted by Gasteiger charge is 2.15. The third-order valence-corrected chi connectivity index (χ3v) is 2.34. The molecule has 19 heavy (non-hydrogen) atoms. The van der Waals surface area contributed by atoms with E-state index in [9.17, 15) is 10.1 Å². The first-order valence-electron chi connectivity index (χ1n) is 6.31. The summed E-state index contributed by atoms with van der Waals surface area (Å²) in [6.07, 6.45) is 0.192. The molecule has 0 bridgehead atoms. The first-order chi connectivity index (χ1) is 9.04. The molecule has 0 atom stereocenters. The normalized spacial score (nSPS) is 10.5. The second kappa shape index (κ2) is 7.58. The van der Waals surface area contributed by atoms with Gasteiger partial charge in [0.15, 0.2) is 5.75 Å². The topological polar surface area (TPSA) is 73.6 Å². The van der Waals surface area contributed by atoms with Gasteiger partial charge >= 0.3 is 5.69 Å². The van der Waals surface area contributed by atoms with Crippen LogP contribution in [0.15, 0.2) is 18.2 Å².